The summed E-state index contributed by atoms with van der Waals surface area (Å²) in [6.07, 6.45) is 1.90. The molecule has 1 aliphatic carbocycles. The maximum absolute atomic E-state index is 12.4. The van der Waals surface area contributed by atoms with Crippen molar-refractivity contribution >= 4 is 56.2 Å². The predicted octanol–water partition coefficient (Wildman–Crippen LogP) is 5.13. The van der Waals surface area contributed by atoms with E-state index in [1.165, 1.54) is 22.7 Å². The van der Waals surface area contributed by atoms with Crippen molar-refractivity contribution < 1.29 is 9.59 Å². The molecule has 2 heterocycles. The Kier molecular flexibility index (Phi) is 4.76. The number of carbonyl (C=O) groups excluding carboxylic acids is 2. The molecular formula is C18H14ClN3O2S2. The first-order valence-corrected chi connectivity index (χ1v) is 10.1. The third-order valence-corrected chi connectivity index (χ3v) is 5.90. The molecule has 0 radical (unpaired) electrons. The SMILES string of the molecule is O=C(Nc1nc(-c2ccc(Cl)cc2)cs1)c1ccc(NC(=O)C2CC2)s1. The minimum atomic E-state index is -0.237. The van der Waals surface area contributed by atoms with Gasteiger partial charge in [0.1, 0.15) is 0 Å². The monoisotopic (exact) mass is 403 g/mol. The number of rotatable bonds is 5. The van der Waals surface area contributed by atoms with E-state index in [0.29, 0.717) is 20.0 Å². The predicted molar refractivity (Wildman–Crippen MR) is 106 cm³/mol. The molecular weight excluding hydrogens is 390 g/mol. The van der Waals surface area contributed by atoms with Gasteiger partial charge >= 0.3 is 0 Å². The van der Waals surface area contributed by atoms with Gasteiger partial charge in [-0.25, -0.2) is 4.98 Å². The van der Waals surface area contributed by atoms with Gasteiger partial charge in [0.05, 0.1) is 15.6 Å². The maximum Gasteiger partial charge on any atom is 0.267 e. The average Bonchev–Trinajstić information content (AvgIpc) is 3.21. The summed E-state index contributed by atoms with van der Waals surface area (Å²) in [5.41, 5.74) is 1.72. The lowest BCUT2D eigenvalue weighted by atomic mass is 10.2. The topological polar surface area (TPSA) is 71.1 Å². The maximum atomic E-state index is 12.4. The lowest BCUT2D eigenvalue weighted by Crippen LogP contribution is -2.12. The van der Waals surface area contributed by atoms with E-state index in [-0.39, 0.29) is 17.7 Å². The minimum absolute atomic E-state index is 0.0336. The molecule has 0 aliphatic heterocycles. The van der Waals surface area contributed by atoms with Crippen LogP contribution in [-0.2, 0) is 4.79 Å². The number of nitrogens with one attached hydrogen (secondary N) is 2. The van der Waals surface area contributed by atoms with Crippen molar-refractivity contribution in [2.24, 2.45) is 5.92 Å². The fourth-order valence-electron chi connectivity index (χ4n) is 2.34. The van der Waals surface area contributed by atoms with E-state index in [0.717, 1.165) is 24.1 Å². The first-order valence-electron chi connectivity index (χ1n) is 8.02. The molecule has 2 N–H and O–H groups in total. The largest absolute Gasteiger partial charge is 0.317 e. The van der Waals surface area contributed by atoms with Crippen molar-refractivity contribution in [3.05, 3.63) is 51.7 Å². The molecule has 4 rings (SSSR count). The highest BCUT2D eigenvalue weighted by atomic mass is 35.5. The number of hydrogen-bond acceptors (Lipinski definition) is 5. The molecule has 2 amide bonds. The average molecular weight is 404 g/mol. The van der Waals surface area contributed by atoms with Crippen LogP contribution in [-0.4, -0.2) is 16.8 Å². The van der Waals surface area contributed by atoms with E-state index in [2.05, 4.69) is 15.6 Å². The Hall–Kier alpha value is -2.22. The highest BCUT2D eigenvalue weighted by Crippen LogP contribution is 2.32. The van der Waals surface area contributed by atoms with Crippen LogP contribution in [0.2, 0.25) is 5.02 Å². The fourth-order valence-corrected chi connectivity index (χ4v) is 3.98. The third-order valence-electron chi connectivity index (χ3n) is 3.89. The van der Waals surface area contributed by atoms with Gasteiger partial charge in [-0.3, -0.25) is 14.9 Å². The van der Waals surface area contributed by atoms with E-state index in [1.807, 2.05) is 17.5 Å². The van der Waals surface area contributed by atoms with E-state index in [4.69, 9.17) is 11.6 Å². The quantitative estimate of drug-likeness (QED) is 0.620. The summed E-state index contributed by atoms with van der Waals surface area (Å²) in [4.78, 5) is 29.1. The highest BCUT2D eigenvalue weighted by Gasteiger charge is 2.29. The molecule has 0 atom stereocenters. The van der Waals surface area contributed by atoms with Crippen LogP contribution in [0, 0.1) is 5.92 Å². The van der Waals surface area contributed by atoms with Crippen molar-refractivity contribution in [1.82, 2.24) is 4.98 Å². The van der Waals surface area contributed by atoms with Crippen LogP contribution in [0.3, 0.4) is 0 Å². The zero-order valence-electron chi connectivity index (χ0n) is 13.5. The number of thiophene rings is 1. The van der Waals surface area contributed by atoms with Crippen molar-refractivity contribution in [2.45, 2.75) is 12.8 Å². The van der Waals surface area contributed by atoms with E-state index < -0.39 is 0 Å². The normalized spacial score (nSPS) is 13.4. The summed E-state index contributed by atoms with van der Waals surface area (Å²) in [5, 5.41) is 9.41. The van der Waals surface area contributed by atoms with Crippen molar-refractivity contribution in [1.29, 1.82) is 0 Å². The number of nitrogens with zero attached hydrogens (tertiary/aromatic N) is 1. The second-order valence-electron chi connectivity index (χ2n) is 5.93. The molecule has 0 saturated heterocycles. The minimum Gasteiger partial charge on any atom is -0.317 e. The zero-order chi connectivity index (χ0) is 18.1. The van der Waals surface area contributed by atoms with Gasteiger partial charge in [0, 0.05) is 21.9 Å². The van der Waals surface area contributed by atoms with Crippen LogP contribution in [0.5, 0.6) is 0 Å². The number of aromatic nitrogens is 1. The number of amides is 2. The number of hydrogen-bond donors (Lipinski definition) is 2. The summed E-state index contributed by atoms with van der Waals surface area (Å²) in [7, 11) is 0. The first-order chi connectivity index (χ1) is 12.6. The first kappa shape index (κ1) is 17.2. The second-order valence-corrected chi connectivity index (χ2v) is 8.30. The molecule has 5 nitrogen and oxygen atoms in total. The van der Waals surface area contributed by atoms with Gasteiger partial charge in [-0.05, 0) is 37.1 Å². The second kappa shape index (κ2) is 7.19. The Labute approximate surface area is 163 Å². The van der Waals surface area contributed by atoms with Gasteiger partial charge in [0.15, 0.2) is 5.13 Å². The number of carbonyl (C=O) groups is 2. The Bertz CT molecular complexity index is 961. The smallest absolute Gasteiger partial charge is 0.267 e. The Morgan fingerprint density at radius 1 is 1.08 bits per heavy atom. The highest BCUT2D eigenvalue weighted by molar-refractivity contribution is 7.18. The van der Waals surface area contributed by atoms with Crippen LogP contribution in [0.1, 0.15) is 22.5 Å². The van der Waals surface area contributed by atoms with E-state index >= 15 is 0 Å². The molecule has 0 unspecified atom stereocenters. The van der Waals surface area contributed by atoms with E-state index in [9.17, 15) is 9.59 Å². The van der Waals surface area contributed by atoms with Crippen LogP contribution >= 0.6 is 34.3 Å². The molecule has 0 spiro atoms. The number of thiazole rings is 1. The summed E-state index contributed by atoms with van der Waals surface area (Å²) < 4.78 is 0. The van der Waals surface area contributed by atoms with Crippen LogP contribution in [0.15, 0.2) is 41.8 Å². The summed E-state index contributed by atoms with van der Waals surface area (Å²) in [6.45, 7) is 0. The van der Waals surface area contributed by atoms with Crippen molar-refractivity contribution in [3.63, 3.8) is 0 Å². The van der Waals surface area contributed by atoms with Crippen LogP contribution in [0.4, 0.5) is 10.1 Å². The summed E-state index contributed by atoms with van der Waals surface area (Å²) >= 11 is 8.51. The van der Waals surface area contributed by atoms with Crippen molar-refractivity contribution in [2.75, 3.05) is 10.6 Å². The molecule has 0 bridgehead atoms. The van der Waals surface area contributed by atoms with Gasteiger partial charge in [-0.15, -0.1) is 22.7 Å². The Balaban J connectivity index is 1.41. The lowest BCUT2D eigenvalue weighted by molar-refractivity contribution is -0.117. The molecule has 1 aromatic carbocycles. The van der Waals surface area contributed by atoms with Crippen molar-refractivity contribution in [3.8, 4) is 11.3 Å². The number of halogens is 1. The number of anilines is 2. The number of benzene rings is 1. The third kappa shape index (κ3) is 3.95. The molecule has 1 fully saturated rings. The molecule has 3 aromatic rings. The van der Waals surface area contributed by atoms with Gasteiger partial charge in [0.25, 0.3) is 5.91 Å². The lowest BCUT2D eigenvalue weighted by Gasteiger charge is -2.00. The van der Waals surface area contributed by atoms with Crippen LogP contribution < -0.4 is 10.6 Å². The summed E-state index contributed by atoms with van der Waals surface area (Å²) in [6, 6.07) is 10.8. The standard InChI is InChI=1S/C18H14ClN3O2S2/c19-12-5-3-10(4-6-12)13-9-25-18(20-13)22-17(24)14-7-8-15(26-14)21-16(23)11-1-2-11/h3-9,11H,1-2H2,(H,21,23)(H,20,22,24). The van der Waals surface area contributed by atoms with Gasteiger partial charge < -0.3 is 5.32 Å². The van der Waals surface area contributed by atoms with Gasteiger partial charge in [-0.2, -0.15) is 0 Å². The molecule has 2 aromatic heterocycles. The van der Waals surface area contributed by atoms with Crippen LogP contribution in [0.25, 0.3) is 11.3 Å². The van der Waals surface area contributed by atoms with E-state index in [1.54, 1.807) is 24.3 Å². The zero-order valence-corrected chi connectivity index (χ0v) is 15.9. The Morgan fingerprint density at radius 3 is 2.58 bits per heavy atom. The summed E-state index contributed by atoms with van der Waals surface area (Å²) in [5.74, 6) is -0.0683. The Morgan fingerprint density at radius 2 is 1.85 bits per heavy atom. The van der Waals surface area contributed by atoms with Gasteiger partial charge in [-0.1, -0.05) is 23.7 Å². The molecule has 132 valence electrons. The van der Waals surface area contributed by atoms with Gasteiger partial charge in [0.2, 0.25) is 5.91 Å². The molecule has 1 saturated carbocycles. The molecule has 1 aliphatic rings. The molecule has 8 heteroatoms. The molecule has 26 heavy (non-hydrogen) atoms. The fraction of sp³-hybridized carbons (Fsp3) is 0.167.